The number of hydrogen-bond donors (Lipinski definition) is 1. The molecule has 0 saturated carbocycles. The van der Waals surface area contributed by atoms with Gasteiger partial charge in [-0.1, -0.05) is 13.8 Å². The smallest absolute Gasteiger partial charge is 0.189 e. The predicted molar refractivity (Wildman–Crippen MR) is 84.4 cm³/mol. The average molecular weight is 346 g/mol. The zero-order chi connectivity index (χ0) is 15.0. The van der Waals surface area contributed by atoms with Crippen LogP contribution in [0.15, 0.2) is 16.6 Å². The number of hydrogen-bond acceptors (Lipinski definition) is 4. The highest BCUT2D eigenvalue weighted by atomic mass is 79.9. The molecule has 0 spiro atoms. The summed E-state index contributed by atoms with van der Waals surface area (Å²) in [5.41, 5.74) is 1.15. The molecule has 0 heterocycles. The highest BCUT2D eigenvalue weighted by Crippen LogP contribution is 2.37. The van der Waals surface area contributed by atoms with Gasteiger partial charge in [-0.2, -0.15) is 0 Å². The molecule has 4 nitrogen and oxygen atoms in total. The Hall–Kier alpha value is -0.780. The second-order valence-electron chi connectivity index (χ2n) is 4.63. The van der Waals surface area contributed by atoms with Crippen molar-refractivity contribution in [1.29, 1.82) is 0 Å². The molecule has 0 radical (unpaired) electrons. The molecule has 0 bridgehead atoms. The first-order valence-corrected chi connectivity index (χ1v) is 7.76. The lowest BCUT2D eigenvalue weighted by atomic mass is 10.2. The molecule has 20 heavy (non-hydrogen) atoms. The Balaban J connectivity index is 2.87. The Morgan fingerprint density at radius 1 is 1.15 bits per heavy atom. The number of ether oxygens (including phenoxy) is 3. The SMILES string of the molecule is CCOCOc1c(Br)cc(CNC(C)C)cc1OCC. The van der Waals surface area contributed by atoms with E-state index in [1.807, 2.05) is 26.0 Å². The van der Waals surface area contributed by atoms with E-state index >= 15 is 0 Å². The minimum atomic E-state index is 0.221. The molecule has 0 atom stereocenters. The van der Waals surface area contributed by atoms with Gasteiger partial charge < -0.3 is 19.5 Å². The maximum atomic E-state index is 5.66. The van der Waals surface area contributed by atoms with E-state index in [1.54, 1.807) is 0 Å². The van der Waals surface area contributed by atoms with Crippen molar-refractivity contribution in [2.24, 2.45) is 0 Å². The molecule has 0 aliphatic heterocycles. The summed E-state index contributed by atoms with van der Waals surface area (Å²) in [7, 11) is 0. The van der Waals surface area contributed by atoms with Gasteiger partial charge in [-0.15, -0.1) is 0 Å². The lowest BCUT2D eigenvalue weighted by molar-refractivity contribution is 0.0201. The number of benzene rings is 1. The van der Waals surface area contributed by atoms with Crippen LogP contribution in [-0.4, -0.2) is 26.0 Å². The number of nitrogens with one attached hydrogen (secondary N) is 1. The Morgan fingerprint density at radius 3 is 2.50 bits per heavy atom. The fourth-order valence-electron chi connectivity index (χ4n) is 1.63. The van der Waals surface area contributed by atoms with Crippen molar-refractivity contribution in [2.45, 2.75) is 40.3 Å². The van der Waals surface area contributed by atoms with Crippen molar-refractivity contribution in [2.75, 3.05) is 20.0 Å². The lowest BCUT2D eigenvalue weighted by Gasteiger charge is -2.16. The molecular formula is C15H24BrNO3. The summed E-state index contributed by atoms with van der Waals surface area (Å²) in [6, 6.07) is 4.49. The van der Waals surface area contributed by atoms with Gasteiger partial charge in [0.25, 0.3) is 0 Å². The summed E-state index contributed by atoms with van der Waals surface area (Å²) < 4.78 is 17.4. The maximum absolute atomic E-state index is 5.66. The molecule has 1 aromatic rings. The van der Waals surface area contributed by atoms with Gasteiger partial charge >= 0.3 is 0 Å². The van der Waals surface area contributed by atoms with Gasteiger partial charge in [-0.3, -0.25) is 0 Å². The lowest BCUT2D eigenvalue weighted by Crippen LogP contribution is -2.21. The average Bonchev–Trinajstić information content (AvgIpc) is 2.39. The van der Waals surface area contributed by atoms with Crippen molar-refractivity contribution in [3.63, 3.8) is 0 Å². The second-order valence-corrected chi connectivity index (χ2v) is 5.48. The molecule has 0 saturated heterocycles. The van der Waals surface area contributed by atoms with E-state index < -0.39 is 0 Å². The zero-order valence-corrected chi connectivity index (χ0v) is 14.2. The highest BCUT2D eigenvalue weighted by Gasteiger charge is 2.12. The molecule has 1 aromatic carbocycles. The summed E-state index contributed by atoms with van der Waals surface area (Å²) in [6.07, 6.45) is 0. The first-order valence-electron chi connectivity index (χ1n) is 6.97. The topological polar surface area (TPSA) is 39.7 Å². The largest absolute Gasteiger partial charge is 0.490 e. The van der Waals surface area contributed by atoms with Crippen LogP contribution in [0.5, 0.6) is 11.5 Å². The minimum Gasteiger partial charge on any atom is -0.490 e. The van der Waals surface area contributed by atoms with Crippen LogP contribution in [0.1, 0.15) is 33.3 Å². The molecule has 0 fully saturated rings. The molecule has 0 amide bonds. The van der Waals surface area contributed by atoms with Crippen LogP contribution in [0.3, 0.4) is 0 Å². The summed E-state index contributed by atoms with van der Waals surface area (Å²) >= 11 is 3.54. The maximum Gasteiger partial charge on any atom is 0.189 e. The molecule has 1 rings (SSSR count). The zero-order valence-electron chi connectivity index (χ0n) is 12.7. The molecule has 0 aliphatic carbocycles. The van der Waals surface area contributed by atoms with Gasteiger partial charge in [-0.05, 0) is 47.5 Å². The monoisotopic (exact) mass is 345 g/mol. The fraction of sp³-hybridized carbons (Fsp3) is 0.600. The molecule has 0 unspecified atom stereocenters. The minimum absolute atomic E-state index is 0.221. The third-order valence-electron chi connectivity index (χ3n) is 2.57. The van der Waals surface area contributed by atoms with Crippen molar-refractivity contribution >= 4 is 15.9 Å². The van der Waals surface area contributed by atoms with Crippen LogP contribution in [0, 0.1) is 0 Å². The first kappa shape index (κ1) is 17.3. The van der Waals surface area contributed by atoms with E-state index in [0.717, 1.165) is 22.3 Å². The number of rotatable bonds is 9. The Morgan fingerprint density at radius 2 is 1.90 bits per heavy atom. The van der Waals surface area contributed by atoms with E-state index in [2.05, 4.69) is 35.1 Å². The third kappa shape index (κ3) is 5.69. The first-order chi connectivity index (χ1) is 9.58. The summed E-state index contributed by atoms with van der Waals surface area (Å²) in [5.74, 6) is 1.43. The molecule has 0 aromatic heterocycles. The molecule has 0 aliphatic rings. The van der Waals surface area contributed by atoms with Gasteiger partial charge in [0, 0.05) is 19.2 Å². The van der Waals surface area contributed by atoms with Crippen molar-refractivity contribution < 1.29 is 14.2 Å². The Labute approximate surface area is 129 Å². The van der Waals surface area contributed by atoms with E-state index in [1.165, 1.54) is 0 Å². The highest BCUT2D eigenvalue weighted by molar-refractivity contribution is 9.10. The second kappa shape index (κ2) is 9.21. The van der Waals surface area contributed by atoms with Gasteiger partial charge in [-0.25, -0.2) is 0 Å². The van der Waals surface area contributed by atoms with Crippen molar-refractivity contribution in [1.82, 2.24) is 5.32 Å². The Kier molecular flexibility index (Phi) is 7.95. The van der Waals surface area contributed by atoms with Crippen LogP contribution in [-0.2, 0) is 11.3 Å². The number of halogens is 1. The molecule has 114 valence electrons. The van der Waals surface area contributed by atoms with Crippen LogP contribution in [0.2, 0.25) is 0 Å². The third-order valence-corrected chi connectivity index (χ3v) is 3.16. The van der Waals surface area contributed by atoms with E-state index in [0.29, 0.717) is 25.0 Å². The van der Waals surface area contributed by atoms with E-state index in [-0.39, 0.29) is 6.79 Å². The van der Waals surface area contributed by atoms with Crippen LogP contribution in [0.25, 0.3) is 0 Å². The van der Waals surface area contributed by atoms with Gasteiger partial charge in [0.15, 0.2) is 18.3 Å². The van der Waals surface area contributed by atoms with Gasteiger partial charge in [0.1, 0.15) is 0 Å². The van der Waals surface area contributed by atoms with Crippen molar-refractivity contribution in [3.8, 4) is 11.5 Å². The van der Waals surface area contributed by atoms with Gasteiger partial charge in [0.05, 0.1) is 11.1 Å². The van der Waals surface area contributed by atoms with Crippen LogP contribution < -0.4 is 14.8 Å². The molecule has 1 N–H and O–H groups in total. The fourth-order valence-corrected chi connectivity index (χ4v) is 2.24. The van der Waals surface area contributed by atoms with E-state index in [4.69, 9.17) is 14.2 Å². The quantitative estimate of drug-likeness (QED) is 0.546. The molecular weight excluding hydrogens is 322 g/mol. The van der Waals surface area contributed by atoms with Gasteiger partial charge in [0.2, 0.25) is 0 Å². The van der Waals surface area contributed by atoms with E-state index in [9.17, 15) is 0 Å². The van der Waals surface area contributed by atoms with Crippen LogP contribution in [0.4, 0.5) is 0 Å². The standard InChI is InChI=1S/C15H24BrNO3/c1-5-18-10-20-15-13(16)7-12(9-17-11(3)4)8-14(15)19-6-2/h7-8,11,17H,5-6,9-10H2,1-4H3. The Bertz CT molecular complexity index is 410. The predicted octanol–water partition coefficient (Wildman–Crippen LogP) is 3.72. The summed E-state index contributed by atoms with van der Waals surface area (Å²) in [5, 5.41) is 3.39. The summed E-state index contributed by atoms with van der Waals surface area (Å²) in [4.78, 5) is 0. The van der Waals surface area contributed by atoms with Crippen LogP contribution >= 0.6 is 15.9 Å². The molecule has 5 heteroatoms. The summed E-state index contributed by atoms with van der Waals surface area (Å²) in [6.45, 7) is 10.4. The van der Waals surface area contributed by atoms with Crippen molar-refractivity contribution in [3.05, 3.63) is 22.2 Å². The normalized spacial score (nSPS) is 10.9.